The lowest BCUT2D eigenvalue weighted by Crippen LogP contribution is -2.27. The number of benzene rings is 3. The predicted octanol–water partition coefficient (Wildman–Crippen LogP) is 2.46. The van der Waals surface area contributed by atoms with Gasteiger partial charge in [-0.1, -0.05) is 24.3 Å². The summed E-state index contributed by atoms with van der Waals surface area (Å²) in [5.41, 5.74) is 5.66. The van der Waals surface area contributed by atoms with E-state index in [4.69, 9.17) is 5.73 Å². The van der Waals surface area contributed by atoms with Gasteiger partial charge in [-0.2, -0.15) is 0 Å². The number of rotatable bonds is 5. The highest BCUT2D eigenvalue weighted by atomic mass is 32.2. The third kappa shape index (κ3) is 3.34. The third-order valence-corrected chi connectivity index (χ3v) is 6.00. The number of sulfonamides is 1. The zero-order chi connectivity index (χ0) is 19.8. The van der Waals surface area contributed by atoms with E-state index in [1.165, 1.54) is 37.4 Å². The molecule has 0 radical (unpaired) electrons. The van der Waals surface area contributed by atoms with Crippen molar-refractivity contribution in [1.82, 2.24) is 0 Å². The monoisotopic (exact) mass is 384 g/mol. The summed E-state index contributed by atoms with van der Waals surface area (Å²) < 4.78 is 27.0. The Morgan fingerprint density at radius 3 is 2.22 bits per heavy atom. The lowest BCUT2D eigenvalue weighted by Gasteiger charge is -2.20. The number of primary amides is 1. The van der Waals surface area contributed by atoms with E-state index in [-0.39, 0.29) is 16.0 Å². The molecule has 3 aromatic carbocycles. The molecule has 0 fully saturated rings. The van der Waals surface area contributed by atoms with Crippen molar-refractivity contribution in [1.29, 1.82) is 0 Å². The van der Waals surface area contributed by atoms with Crippen LogP contribution in [0.3, 0.4) is 0 Å². The summed E-state index contributed by atoms with van der Waals surface area (Å²) in [6.07, 6.45) is 0. The van der Waals surface area contributed by atoms with Crippen LogP contribution in [0.4, 0.5) is 5.69 Å². The number of carboxylic acids is 1. The zero-order valence-electron chi connectivity index (χ0n) is 14.3. The summed E-state index contributed by atoms with van der Waals surface area (Å²) in [5, 5.41) is 10.4. The van der Waals surface area contributed by atoms with E-state index >= 15 is 0 Å². The van der Waals surface area contributed by atoms with Gasteiger partial charge in [-0.05, 0) is 47.2 Å². The lowest BCUT2D eigenvalue weighted by molar-refractivity contribution is 0.0698. The van der Waals surface area contributed by atoms with Gasteiger partial charge in [-0.25, -0.2) is 13.2 Å². The number of nitrogens with two attached hydrogens (primary N) is 1. The molecule has 1 amide bonds. The average Bonchev–Trinajstić information content (AvgIpc) is 2.66. The van der Waals surface area contributed by atoms with Crippen LogP contribution >= 0.6 is 0 Å². The van der Waals surface area contributed by atoms with Crippen molar-refractivity contribution in [3.05, 3.63) is 71.8 Å². The normalized spacial score (nSPS) is 11.3. The lowest BCUT2D eigenvalue weighted by atomic mass is 10.0. The van der Waals surface area contributed by atoms with Gasteiger partial charge in [-0.3, -0.25) is 9.10 Å². The summed E-state index contributed by atoms with van der Waals surface area (Å²) in [6.45, 7) is 0. The molecule has 0 spiro atoms. The Morgan fingerprint density at radius 2 is 1.63 bits per heavy atom. The van der Waals surface area contributed by atoms with Crippen LogP contribution in [-0.2, 0) is 10.0 Å². The fourth-order valence-corrected chi connectivity index (χ4v) is 4.00. The molecule has 0 saturated heterocycles. The zero-order valence-corrected chi connectivity index (χ0v) is 15.1. The van der Waals surface area contributed by atoms with Crippen LogP contribution < -0.4 is 10.0 Å². The van der Waals surface area contributed by atoms with Crippen molar-refractivity contribution in [3.63, 3.8) is 0 Å². The predicted molar refractivity (Wildman–Crippen MR) is 101 cm³/mol. The Bertz CT molecular complexity index is 1150. The molecule has 3 N–H and O–H groups in total. The topological polar surface area (TPSA) is 118 Å². The molecule has 7 nitrogen and oxygen atoms in total. The molecule has 8 heteroatoms. The van der Waals surface area contributed by atoms with Crippen molar-refractivity contribution in [2.75, 3.05) is 11.4 Å². The fraction of sp³-hybridized carbons (Fsp3) is 0.0526. The summed E-state index contributed by atoms with van der Waals surface area (Å²) in [7, 11) is -2.67. The van der Waals surface area contributed by atoms with Crippen molar-refractivity contribution in [2.45, 2.75) is 4.90 Å². The summed E-state index contributed by atoms with van der Waals surface area (Å²) in [5.74, 6) is -1.83. The van der Waals surface area contributed by atoms with Crippen molar-refractivity contribution in [2.24, 2.45) is 5.73 Å². The largest absolute Gasteiger partial charge is 0.478 e. The Hall–Kier alpha value is -3.39. The Balaban J connectivity index is 2.11. The van der Waals surface area contributed by atoms with Gasteiger partial charge in [0.2, 0.25) is 5.91 Å². The van der Waals surface area contributed by atoms with Gasteiger partial charge in [0.15, 0.2) is 0 Å². The second-order valence-electron chi connectivity index (χ2n) is 5.88. The average molecular weight is 384 g/mol. The van der Waals surface area contributed by atoms with Gasteiger partial charge in [0.25, 0.3) is 10.0 Å². The van der Waals surface area contributed by atoms with E-state index in [1.807, 2.05) is 0 Å². The maximum atomic E-state index is 13.0. The van der Waals surface area contributed by atoms with Crippen molar-refractivity contribution < 1.29 is 23.1 Å². The quantitative estimate of drug-likeness (QED) is 0.701. The van der Waals surface area contributed by atoms with Crippen LogP contribution in [0.2, 0.25) is 0 Å². The molecule has 3 rings (SSSR count). The first-order chi connectivity index (χ1) is 12.7. The number of anilines is 1. The minimum atomic E-state index is -4.02. The Morgan fingerprint density at radius 1 is 1.00 bits per heavy atom. The molecule has 27 heavy (non-hydrogen) atoms. The van der Waals surface area contributed by atoms with Crippen LogP contribution in [0.5, 0.6) is 0 Å². The van der Waals surface area contributed by atoms with Gasteiger partial charge in [0.05, 0.1) is 16.1 Å². The summed E-state index contributed by atoms with van der Waals surface area (Å²) in [6, 6.07) is 15.0. The highest BCUT2D eigenvalue weighted by Gasteiger charge is 2.24. The highest BCUT2D eigenvalue weighted by molar-refractivity contribution is 7.92. The number of carbonyl (C=O) groups excluding carboxylic acids is 1. The van der Waals surface area contributed by atoms with Gasteiger partial charge in [0, 0.05) is 12.6 Å². The number of hydrogen-bond acceptors (Lipinski definition) is 4. The van der Waals surface area contributed by atoms with Gasteiger partial charge < -0.3 is 10.8 Å². The minimum Gasteiger partial charge on any atom is -0.478 e. The molecule has 0 aliphatic carbocycles. The number of aromatic carboxylic acids is 1. The van der Waals surface area contributed by atoms with Gasteiger partial charge >= 0.3 is 5.97 Å². The summed E-state index contributed by atoms with van der Waals surface area (Å²) in [4.78, 5) is 22.6. The van der Waals surface area contributed by atoms with E-state index in [9.17, 15) is 23.1 Å². The van der Waals surface area contributed by atoms with Gasteiger partial charge in [-0.15, -0.1) is 0 Å². The maximum Gasteiger partial charge on any atom is 0.336 e. The molecular formula is C19H16N2O5S. The number of fused-ring (bicyclic) bond motifs is 1. The van der Waals surface area contributed by atoms with E-state index in [1.54, 1.807) is 24.3 Å². The number of hydrogen-bond donors (Lipinski definition) is 2. The highest BCUT2D eigenvalue weighted by Crippen LogP contribution is 2.28. The van der Waals surface area contributed by atoms with E-state index in [2.05, 4.69) is 0 Å². The van der Waals surface area contributed by atoms with Crippen LogP contribution in [0.25, 0.3) is 10.8 Å². The molecule has 138 valence electrons. The minimum absolute atomic E-state index is 0.0934. The molecule has 0 saturated carbocycles. The Labute approximate surface area is 155 Å². The second-order valence-corrected chi connectivity index (χ2v) is 7.85. The van der Waals surface area contributed by atoms with Gasteiger partial charge in [0.1, 0.15) is 0 Å². The first-order valence-electron chi connectivity index (χ1n) is 7.86. The third-order valence-electron chi connectivity index (χ3n) is 4.24. The SMILES string of the molecule is CN(c1ccc(C(N)=O)cc1)S(=O)(=O)c1cc(C(=O)O)c2ccccc2c1. The number of nitrogens with zero attached hydrogens (tertiary/aromatic N) is 1. The molecule has 0 aromatic heterocycles. The molecule has 0 aliphatic rings. The molecule has 0 heterocycles. The summed E-state index contributed by atoms with van der Waals surface area (Å²) >= 11 is 0. The van der Waals surface area contributed by atoms with Crippen LogP contribution in [-0.4, -0.2) is 32.4 Å². The number of carbonyl (C=O) groups is 2. The standard InChI is InChI=1S/C19H16N2O5S/c1-21(14-8-6-12(7-9-14)18(20)22)27(25,26)15-10-13-4-2-3-5-16(13)17(11-15)19(23)24/h2-11H,1H3,(H2,20,22)(H,23,24). The van der Waals surface area contributed by atoms with Crippen LogP contribution in [0, 0.1) is 0 Å². The molecule has 0 unspecified atom stereocenters. The van der Waals surface area contributed by atoms with Crippen LogP contribution in [0.1, 0.15) is 20.7 Å². The smallest absolute Gasteiger partial charge is 0.336 e. The molecule has 0 bridgehead atoms. The molecule has 0 aliphatic heterocycles. The van der Waals surface area contributed by atoms with E-state index < -0.39 is 21.9 Å². The molecule has 0 atom stereocenters. The van der Waals surface area contributed by atoms with E-state index in [0.717, 1.165) is 10.4 Å². The van der Waals surface area contributed by atoms with Crippen molar-refractivity contribution in [3.8, 4) is 0 Å². The maximum absolute atomic E-state index is 13.0. The second kappa shape index (κ2) is 6.73. The fourth-order valence-electron chi connectivity index (χ4n) is 2.74. The number of carboxylic acid groups (broad SMARTS) is 1. The Kier molecular flexibility index (Phi) is 4.59. The molecular weight excluding hydrogens is 368 g/mol. The number of amides is 1. The van der Waals surface area contributed by atoms with Crippen LogP contribution in [0.15, 0.2) is 65.6 Å². The first-order valence-corrected chi connectivity index (χ1v) is 9.30. The van der Waals surface area contributed by atoms with E-state index in [0.29, 0.717) is 16.5 Å². The first kappa shape index (κ1) is 18.4. The van der Waals surface area contributed by atoms with Crippen molar-refractivity contribution >= 4 is 38.4 Å². The molecule has 3 aromatic rings.